The van der Waals surface area contributed by atoms with Crippen molar-refractivity contribution >= 4 is 89.9 Å². The minimum atomic E-state index is -4.03. The second kappa shape index (κ2) is 16.1. The van der Waals surface area contributed by atoms with E-state index in [-0.39, 0.29) is 19.6 Å². The van der Waals surface area contributed by atoms with E-state index in [4.69, 9.17) is 9.97 Å². The molecule has 330 valence electrons. The first-order valence-corrected chi connectivity index (χ1v) is 24.8. The Hall–Kier alpha value is -5.60. The largest absolute Gasteiger partial charge is 0.354 e. The molecule has 2 aliphatic rings. The molecule has 0 aliphatic carbocycles. The number of hydrogen-bond donors (Lipinski definition) is 14. The highest BCUT2D eigenvalue weighted by atomic mass is 32.3. The van der Waals surface area contributed by atoms with Gasteiger partial charge in [-0.15, -0.1) is 0 Å². The van der Waals surface area contributed by atoms with Gasteiger partial charge in [-0.05, 0) is 119 Å². The van der Waals surface area contributed by atoms with Crippen LogP contribution >= 0.6 is 43.5 Å². The third kappa shape index (κ3) is 8.54. The van der Waals surface area contributed by atoms with Crippen LogP contribution in [0.2, 0.25) is 0 Å². The molecule has 9 rings (SSSR count). The van der Waals surface area contributed by atoms with E-state index in [1.807, 2.05) is 24.3 Å². The third-order valence-corrected chi connectivity index (χ3v) is 14.2. The molecule has 0 amide bonds. The second-order valence-corrected chi connectivity index (χ2v) is 20.7. The average Bonchev–Trinajstić information content (AvgIpc) is 4.08. The molecule has 64 heavy (non-hydrogen) atoms. The Bertz CT molecular complexity index is 2760. The summed E-state index contributed by atoms with van der Waals surface area (Å²) in [6.45, 7) is 0. The molecule has 0 fully saturated rings. The second-order valence-electron chi connectivity index (χ2n) is 14.7. The van der Waals surface area contributed by atoms with Crippen LogP contribution in [0.4, 0.5) is 0 Å². The lowest BCUT2D eigenvalue weighted by molar-refractivity contribution is 0.374. The molecule has 3 aromatic heterocycles. The SMILES string of the molecule is OS(O)(O)c1ccc(-c2c3nc(c(-c4ccc(S(O)(O)O)cc4)c4ccc([nH]4)c(-c4ccc(S(O)(O)O)cc4)c4nc(c(-c5ccc(S(O)(O)O)cc5)c5ccc2[nH]5)C=C4)C=C3)cc1. The van der Waals surface area contributed by atoms with Gasteiger partial charge in [0.05, 0.1) is 42.4 Å². The fraction of sp³-hybridized carbons (Fsp3) is 0. The van der Waals surface area contributed by atoms with Gasteiger partial charge in [-0.1, -0.05) is 48.5 Å². The number of fused-ring (bicyclic) bond motifs is 8. The van der Waals surface area contributed by atoms with Crippen molar-refractivity contribution in [2.45, 2.75) is 19.6 Å². The fourth-order valence-electron chi connectivity index (χ4n) is 7.64. The van der Waals surface area contributed by atoms with Gasteiger partial charge < -0.3 is 64.6 Å². The molecule has 7 aromatic rings. The van der Waals surface area contributed by atoms with Crippen molar-refractivity contribution in [1.82, 2.24) is 19.9 Å². The van der Waals surface area contributed by atoms with Gasteiger partial charge in [0.25, 0.3) is 0 Å². The summed E-state index contributed by atoms with van der Waals surface area (Å²) in [5.74, 6) is 0. The van der Waals surface area contributed by atoms with Crippen molar-refractivity contribution < 1.29 is 54.6 Å². The van der Waals surface area contributed by atoms with Crippen LogP contribution in [-0.2, 0) is 0 Å². The van der Waals surface area contributed by atoms with E-state index in [1.54, 1.807) is 72.8 Å². The maximum atomic E-state index is 9.99. The van der Waals surface area contributed by atoms with Gasteiger partial charge in [0.15, 0.2) is 0 Å². The minimum absolute atomic E-state index is 0.0947. The van der Waals surface area contributed by atoms with E-state index in [0.29, 0.717) is 89.4 Å². The van der Waals surface area contributed by atoms with Gasteiger partial charge in [0.2, 0.25) is 0 Å². The first-order chi connectivity index (χ1) is 30.2. The van der Waals surface area contributed by atoms with Crippen LogP contribution in [0.25, 0.3) is 90.9 Å². The topological polar surface area (TPSA) is 300 Å². The summed E-state index contributed by atoms with van der Waals surface area (Å²) >= 11 is 0. The van der Waals surface area contributed by atoms with Gasteiger partial charge in [-0.25, -0.2) is 9.97 Å². The summed E-state index contributed by atoms with van der Waals surface area (Å²) < 4.78 is 120. The first kappa shape index (κ1) is 43.6. The van der Waals surface area contributed by atoms with Crippen LogP contribution in [0.3, 0.4) is 0 Å². The predicted octanol–water partition coefficient (Wildman–Crippen LogP) is 13.7. The molecule has 0 radical (unpaired) electrons. The van der Waals surface area contributed by atoms with E-state index in [9.17, 15) is 54.6 Å². The Morgan fingerprint density at radius 3 is 0.625 bits per heavy atom. The summed E-state index contributed by atoms with van der Waals surface area (Å²) in [4.78, 5) is 16.9. The van der Waals surface area contributed by atoms with E-state index < -0.39 is 43.5 Å². The van der Waals surface area contributed by atoms with E-state index in [1.165, 1.54) is 48.5 Å². The van der Waals surface area contributed by atoms with Crippen molar-refractivity contribution in [2.75, 3.05) is 0 Å². The van der Waals surface area contributed by atoms with Crippen LogP contribution in [-0.4, -0.2) is 74.6 Å². The average molecular weight is 943 g/mol. The van der Waals surface area contributed by atoms with Crippen LogP contribution in [0.5, 0.6) is 0 Å². The molecule has 2 aliphatic heterocycles. The highest BCUT2D eigenvalue weighted by Crippen LogP contribution is 2.48. The molecule has 0 unspecified atom stereocenters. The third-order valence-electron chi connectivity index (χ3n) is 10.6. The number of nitrogens with one attached hydrogen (secondary N) is 2. The van der Waals surface area contributed by atoms with Crippen molar-refractivity contribution in [3.8, 4) is 44.5 Å². The maximum Gasteiger partial charge on any atom is 0.112 e. The quantitative estimate of drug-likeness (QED) is 0.0674. The molecule has 20 heteroatoms. The van der Waals surface area contributed by atoms with Gasteiger partial charge >= 0.3 is 0 Å². The van der Waals surface area contributed by atoms with Gasteiger partial charge in [0.1, 0.15) is 43.5 Å². The number of benzene rings is 4. The predicted molar refractivity (Wildman–Crippen MR) is 256 cm³/mol. The molecular weight excluding hydrogens is 905 g/mol. The van der Waals surface area contributed by atoms with E-state index >= 15 is 0 Å². The maximum absolute atomic E-state index is 9.99. The zero-order valence-electron chi connectivity index (χ0n) is 32.8. The molecule has 8 bridgehead atoms. The van der Waals surface area contributed by atoms with Gasteiger partial charge in [-0.2, -0.15) is 0 Å². The smallest absolute Gasteiger partial charge is 0.112 e. The fourth-order valence-corrected chi connectivity index (χ4v) is 9.64. The number of H-pyrrole nitrogens is 2. The molecule has 5 heterocycles. The Morgan fingerprint density at radius 1 is 0.266 bits per heavy atom. The summed E-state index contributed by atoms with van der Waals surface area (Å²) in [5.41, 5.74) is 8.71. The molecular formula is C44H38N4O12S4. The summed E-state index contributed by atoms with van der Waals surface area (Å²) in [7, 11) is -16.1. The highest BCUT2D eigenvalue weighted by molar-refractivity contribution is 8.20. The zero-order chi connectivity index (χ0) is 45.3. The first-order valence-electron chi connectivity index (χ1n) is 18.8. The molecule has 0 spiro atoms. The van der Waals surface area contributed by atoms with E-state index in [0.717, 1.165) is 0 Å². The van der Waals surface area contributed by atoms with Gasteiger partial charge in [0, 0.05) is 44.3 Å². The normalized spacial score (nSPS) is 14.2. The standard InChI is InChI=1S/C44H38N4O12S4/c49-61(50,51)29-9-1-25(2-10-29)41-33-17-19-35(45-33)42(26-3-11-30(12-4-26)62(52,53)54)37-21-23-39(47-37)44(28-7-15-32(16-8-28)64(58,59)60)40-24-22-38(48-40)43(36-20-18-34(41)46-36)27-5-13-31(14-6-27)63(55,56)57/h1-24,45,48-60H. The van der Waals surface area contributed by atoms with Crippen LogP contribution in [0.1, 0.15) is 22.8 Å². The summed E-state index contributed by atoms with van der Waals surface area (Å²) in [5, 5.41) is 0. The summed E-state index contributed by atoms with van der Waals surface area (Å²) in [6, 6.07) is 31.4. The van der Waals surface area contributed by atoms with Crippen LogP contribution in [0.15, 0.2) is 141 Å². The van der Waals surface area contributed by atoms with Crippen LogP contribution in [0, 0.1) is 0 Å². The number of hydrogen-bond acceptors (Lipinski definition) is 14. The highest BCUT2D eigenvalue weighted by Gasteiger charge is 2.23. The lowest BCUT2D eigenvalue weighted by Crippen LogP contribution is -1.96. The zero-order valence-corrected chi connectivity index (χ0v) is 36.0. The number of rotatable bonds is 8. The Labute approximate surface area is 370 Å². The van der Waals surface area contributed by atoms with Crippen molar-refractivity contribution in [3.05, 3.63) is 144 Å². The summed E-state index contributed by atoms with van der Waals surface area (Å²) in [6.07, 6.45) is 7.19. The Balaban J connectivity index is 1.42. The van der Waals surface area contributed by atoms with Gasteiger partial charge in [-0.3, -0.25) is 0 Å². The number of aromatic nitrogens is 4. The van der Waals surface area contributed by atoms with Crippen LogP contribution < -0.4 is 0 Å². The number of aromatic amines is 2. The Morgan fingerprint density at radius 2 is 0.453 bits per heavy atom. The minimum Gasteiger partial charge on any atom is -0.354 e. The molecule has 16 nitrogen and oxygen atoms in total. The molecule has 14 N–H and O–H groups in total. The lowest BCUT2D eigenvalue weighted by Gasteiger charge is -2.19. The van der Waals surface area contributed by atoms with E-state index in [2.05, 4.69) is 9.97 Å². The van der Waals surface area contributed by atoms with Crippen molar-refractivity contribution in [2.24, 2.45) is 0 Å². The number of nitrogens with zero attached hydrogens (tertiary/aromatic N) is 2. The molecule has 0 atom stereocenters. The van der Waals surface area contributed by atoms with Crippen molar-refractivity contribution in [3.63, 3.8) is 0 Å². The molecule has 0 saturated carbocycles. The monoisotopic (exact) mass is 942 g/mol. The lowest BCUT2D eigenvalue weighted by atomic mass is 10.0. The molecule has 4 aromatic carbocycles. The Kier molecular flexibility index (Phi) is 11.0. The molecule has 0 saturated heterocycles. The van der Waals surface area contributed by atoms with Crippen molar-refractivity contribution in [1.29, 1.82) is 0 Å².